The van der Waals surface area contributed by atoms with Crippen LogP contribution in [0.15, 0.2) is 66.0 Å². The molecule has 3 rings (SSSR count). The molecule has 1 aromatic heterocycles. The Bertz CT molecular complexity index is 929. The molecule has 0 saturated heterocycles. The van der Waals surface area contributed by atoms with Crippen LogP contribution in [0.1, 0.15) is 28.0 Å². The Morgan fingerprint density at radius 3 is 2.31 bits per heavy atom. The van der Waals surface area contributed by atoms with Gasteiger partial charge in [-0.15, -0.1) is 11.3 Å². The smallest absolute Gasteiger partial charge is 0.273 e. The third-order valence-corrected chi connectivity index (χ3v) is 5.08. The molecule has 0 bridgehead atoms. The van der Waals surface area contributed by atoms with Gasteiger partial charge in [-0.05, 0) is 17.5 Å². The van der Waals surface area contributed by atoms with Gasteiger partial charge in [0.05, 0.1) is 6.61 Å². The second-order valence-electron chi connectivity index (χ2n) is 6.51. The topological polar surface area (TPSA) is 82.5 Å². The molecule has 3 aromatic rings. The van der Waals surface area contributed by atoms with Crippen molar-refractivity contribution in [3.05, 3.63) is 82.9 Å². The molecule has 0 spiro atoms. The number of rotatable bonds is 9. The summed E-state index contributed by atoms with van der Waals surface area (Å²) in [6, 6.07) is 19.4. The van der Waals surface area contributed by atoms with Crippen molar-refractivity contribution in [3.8, 4) is 0 Å². The van der Waals surface area contributed by atoms with E-state index in [0.29, 0.717) is 24.5 Å². The van der Waals surface area contributed by atoms with E-state index in [1.54, 1.807) is 10.3 Å². The molecule has 150 valence electrons. The van der Waals surface area contributed by atoms with Gasteiger partial charge in [0.2, 0.25) is 5.91 Å². The van der Waals surface area contributed by atoms with Crippen molar-refractivity contribution in [1.82, 2.24) is 9.88 Å². The lowest BCUT2D eigenvalue weighted by molar-refractivity contribution is -0.116. The zero-order valence-electron chi connectivity index (χ0n) is 16.0. The van der Waals surface area contributed by atoms with Crippen LogP contribution < -0.4 is 5.32 Å². The average Bonchev–Trinajstić information content (AvgIpc) is 3.21. The van der Waals surface area contributed by atoms with Gasteiger partial charge in [-0.3, -0.25) is 9.59 Å². The highest BCUT2D eigenvalue weighted by Gasteiger charge is 2.19. The molecule has 0 aliphatic heterocycles. The number of carbonyl (C=O) groups excluding carboxylic acids is 2. The molecule has 0 aliphatic carbocycles. The molecule has 0 saturated carbocycles. The summed E-state index contributed by atoms with van der Waals surface area (Å²) in [5.74, 6) is -0.414. The number of benzene rings is 2. The maximum atomic E-state index is 12.8. The highest BCUT2D eigenvalue weighted by molar-refractivity contribution is 7.14. The number of aliphatic hydroxyl groups is 1. The van der Waals surface area contributed by atoms with Gasteiger partial charge in [-0.1, -0.05) is 60.7 Å². The lowest BCUT2D eigenvalue weighted by atomic mass is 10.1. The summed E-state index contributed by atoms with van der Waals surface area (Å²) >= 11 is 1.22. The molecule has 0 atom stereocenters. The predicted octanol–water partition coefficient (Wildman–Crippen LogP) is 3.35. The number of anilines is 1. The molecule has 1 heterocycles. The Morgan fingerprint density at radius 1 is 1.00 bits per heavy atom. The maximum absolute atomic E-state index is 12.8. The van der Waals surface area contributed by atoms with Crippen LogP contribution in [0.5, 0.6) is 0 Å². The van der Waals surface area contributed by atoms with Gasteiger partial charge >= 0.3 is 0 Å². The summed E-state index contributed by atoms with van der Waals surface area (Å²) < 4.78 is 0. The van der Waals surface area contributed by atoms with Crippen LogP contribution in [0.4, 0.5) is 5.13 Å². The van der Waals surface area contributed by atoms with E-state index in [1.165, 1.54) is 11.3 Å². The van der Waals surface area contributed by atoms with E-state index in [9.17, 15) is 14.7 Å². The fourth-order valence-electron chi connectivity index (χ4n) is 2.85. The zero-order chi connectivity index (χ0) is 20.5. The number of thiazole rings is 1. The van der Waals surface area contributed by atoms with Crippen LogP contribution in [0, 0.1) is 0 Å². The summed E-state index contributed by atoms with van der Waals surface area (Å²) in [4.78, 5) is 30.8. The van der Waals surface area contributed by atoms with Crippen molar-refractivity contribution in [3.63, 3.8) is 0 Å². The Kier molecular flexibility index (Phi) is 7.49. The zero-order valence-corrected chi connectivity index (χ0v) is 16.8. The van der Waals surface area contributed by atoms with Crippen molar-refractivity contribution in [2.75, 3.05) is 18.5 Å². The minimum atomic E-state index is -0.274. The number of aromatic nitrogens is 1. The molecule has 0 fully saturated rings. The fourth-order valence-corrected chi connectivity index (χ4v) is 3.55. The van der Waals surface area contributed by atoms with Crippen molar-refractivity contribution in [2.24, 2.45) is 0 Å². The molecule has 7 heteroatoms. The Hall–Kier alpha value is -3.03. The fraction of sp³-hybridized carbons (Fsp3) is 0.227. The van der Waals surface area contributed by atoms with Gasteiger partial charge in [0.25, 0.3) is 5.91 Å². The minimum absolute atomic E-state index is 0.133. The summed E-state index contributed by atoms with van der Waals surface area (Å²) in [5.41, 5.74) is 2.33. The van der Waals surface area contributed by atoms with Crippen LogP contribution in [0.3, 0.4) is 0 Å². The number of nitrogens with zero attached hydrogens (tertiary/aromatic N) is 2. The first-order valence-electron chi connectivity index (χ1n) is 9.39. The van der Waals surface area contributed by atoms with Crippen molar-refractivity contribution in [2.45, 2.75) is 19.4 Å². The molecular formula is C22H23N3O3S. The monoisotopic (exact) mass is 409 g/mol. The van der Waals surface area contributed by atoms with E-state index in [2.05, 4.69) is 10.3 Å². The molecule has 0 radical (unpaired) electrons. The van der Waals surface area contributed by atoms with E-state index in [1.807, 2.05) is 60.7 Å². The van der Waals surface area contributed by atoms with E-state index in [4.69, 9.17) is 0 Å². The standard InChI is InChI=1S/C22H23N3O3S/c26-14-13-25(15-18-9-5-2-6-10-18)21(28)19-16-29-22(23-19)24-20(27)12-11-17-7-3-1-4-8-17/h1-10,16,26H,11-15H2,(H,23,24,27). The number of hydrogen-bond donors (Lipinski definition) is 2. The average molecular weight is 410 g/mol. The van der Waals surface area contributed by atoms with Crippen molar-refractivity contribution >= 4 is 28.3 Å². The first kappa shape index (κ1) is 20.7. The van der Waals surface area contributed by atoms with Crippen molar-refractivity contribution < 1.29 is 14.7 Å². The maximum Gasteiger partial charge on any atom is 0.273 e. The number of aryl methyl sites for hydroxylation is 1. The number of hydrogen-bond acceptors (Lipinski definition) is 5. The number of carbonyl (C=O) groups is 2. The van der Waals surface area contributed by atoms with Gasteiger partial charge < -0.3 is 15.3 Å². The van der Waals surface area contributed by atoms with Crippen molar-refractivity contribution in [1.29, 1.82) is 0 Å². The van der Waals surface area contributed by atoms with Gasteiger partial charge in [-0.25, -0.2) is 4.98 Å². The van der Waals surface area contributed by atoms with Gasteiger partial charge in [-0.2, -0.15) is 0 Å². The van der Waals surface area contributed by atoms with Gasteiger partial charge in [0.1, 0.15) is 5.69 Å². The summed E-state index contributed by atoms with van der Waals surface area (Å²) in [6.07, 6.45) is 0.989. The third-order valence-electron chi connectivity index (χ3n) is 4.33. The lowest BCUT2D eigenvalue weighted by Crippen LogP contribution is -2.33. The van der Waals surface area contributed by atoms with Crippen LogP contribution >= 0.6 is 11.3 Å². The molecule has 2 aromatic carbocycles. The quantitative estimate of drug-likeness (QED) is 0.568. The number of aliphatic hydroxyl groups excluding tert-OH is 1. The highest BCUT2D eigenvalue weighted by Crippen LogP contribution is 2.18. The Labute approximate surface area is 173 Å². The van der Waals surface area contributed by atoms with Gasteiger partial charge in [0, 0.05) is 24.9 Å². The van der Waals surface area contributed by atoms with E-state index in [0.717, 1.165) is 11.1 Å². The van der Waals surface area contributed by atoms with Gasteiger partial charge in [0.15, 0.2) is 5.13 Å². The van der Waals surface area contributed by atoms with E-state index >= 15 is 0 Å². The molecule has 0 unspecified atom stereocenters. The predicted molar refractivity (Wildman–Crippen MR) is 114 cm³/mol. The number of amides is 2. The Balaban J connectivity index is 1.58. The normalized spacial score (nSPS) is 10.5. The molecular weight excluding hydrogens is 386 g/mol. The molecule has 0 aliphatic rings. The second kappa shape index (κ2) is 10.5. The SMILES string of the molecule is O=C(CCc1ccccc1)Nc1nc(C(=O)N(CCO)Cc2ccccc2)cs1. The number of nitrogens with one attached hydrogen (secondary N) is 1. The second-order valence-corrected chi connectivity index (χ2v) is 7.37. The first-order chi connectivity index (χ1) is 14.2. The largest absolute Gasteiger partial charge is 0.395 e. The van der Waals surface area contributed by atoms with Crippen LogP contribution in [0.25, 0.3) is 0 Å². The molecule has 6 nitrogen and oxygen atoms in total. The molecule has 29 heavy (non-hydrogen) atoms. The van der Waals surface area contributed by atoms with Crippen LogP contribution in [-0.4, -0.2) is 40.0 Å². The van der Waals surface area contributed by atoms with Crippen LogP contribution in [-0.2, 0) is 17.8 Å². The summed E-state index contributed by atoms with van der Waals surface area (Å²) in [7, 11) is 0. The summed E-state index contributed by atoms with van der Waals surface area (Å²) in [5, 5.41) is 14.1. The lowest BCUT2D eigenvalue weighted by Gasteiger charge is -2.20. The molecule has 2 amide bonds. The van der Waals surface area contributed by atoms with Crippen LogP contribution in [0.2, 0.25) is 0 Å². The summed E-state index contributed by atoms with van der Waals surface area (Å²) in [6.45, 7) is 0.465. The first-order valence-corrected chi connectivity index (χ1v) is 10.3. The van der Waals surface area contributed by atoms with E-state index < -0.39 is 0 Å². The third kappa shape index (κ3) is 6.23. The minimum Gasteiger partial charge on any atom is -0.395 e. The highest BCUT2D eigenvalue weighted by atomic mass is 32.1. The Morgan fingerprint density at radius 2 is 1.66 bits per heavy atom. The van der Waals surface area contributed by atoms with E-state index in [-0.39, 0.29) is 30.7 Å². The molecule has 2 N–H and O–H groups in total.